The molecule has 0 spiro atoms. The van der Waals surface area contributed by atoms with Crippen LogP contribution in [0.3, 0.4) is 0 Å². The molecule has 53 heavy (non-hydrogen) atoms. The molecule has 0 fully saturated rings. The number of aromatic nitrogens is 1. The summed E-state index contributed by atoms with van der Waals surface area (Å²) in [5.41, 5.74) is 0.0693. The van der Waals surface area contributed by atoms with Crippen molar-refractivity contribution in [1.82, 2.24) is 4.57 Å². The van der Waals surface area contributed by atoms with Crippen LogP contribution in [-0.2, 0) is 0 Å². The van der Waals surface area contributed by atoms with Crippen LogP contribution in [0.4, 0.5) is 17.1 Å². The van der Waals surface area contributed by atoms with E-state index in [0.717, 1.165) is 21.5 Å². The summed E-state index contributed by atoms with van der Waals surface area (Å²) in [6.45, 7) is 0. The quantitative estimate of drug-likeness (QED) is 0.179. The van der Waals surface area contributed by atoms with Crippen LogP contribution in [0, 0.1) is 0 Å². The standard InChI is InChI=1S/C50H32N2O/c1-3-17-39-33(12-1)14-9-21-40(39)35-26-29-36(30-27-35)51(47-24-11-25-48-49(47)44-31-28-34-13-2-4-18-41(34)50(44)53-48)37-15-10-16-38(32-37)52-45-22-7-5-19-42(45)43-20-6-8-23-46(43)52/h1-32H/i1D,3D,9D,10D,12D,14D,15D,16D,17D,21D,26D,27D,29D,30D,32D. The molecule has 11 rings (SSSR count). The summed E-state index contributed by atoms with van der Waals surface area (Å²) < 4.78 is 146. The van der Waals surface area contributed by atoms with Crippen molar-refractivity contribution in [2.75, 3.05) is 4.90 Å². The van der Waals surface area contributed by atoms with Crippen molar-refractivity contribution in [3.05, 3.63) is 194 Å². The molecular formula is C50H32N2O. The summed E-state index contributed by atoms with van der Waals surface area (Å²) in [7, 11) is 0. The van der Waals surface area contributed by atoms with E-state index in [-0.39, 0.29) is 17.1 Å². The van der Waals surface area contributed by atoms with Gasteiger partial charge in [-0.25, -0.2) is 0 Å². The lowest BCUT2D eigenvalue weighted by molar-refractivity contribution is 0.672. The molecule has 3 nitrogen and oxygen atoms in total. The third-order valence-electron chi connectivity index (χ3n) is 9.63. The van der Waals surface area contributed by atoms with Gasteiger partial charge in [0.05, 0.1) is 42.7 Å². The number of fused-ring (bicyclic) bond motifs is 9. The minimum absolute atomic E-state index is 0.0941. The van der Waals surface area contributed by atoms with Crippen LogP contribution in [0.25, 0.3) is 82.1 Å². The molecule has 0 saturated heterocycles. The number of hydrogen-bond acceptors (Lipinski definition) is 2. The topological polar surface area (TPSA) is 21.3 Å². The Morgan fingerprint density at radius 1 is 0.491 bits per heavy atom. The number of benzene rings is 9. The average Bonchev–Trinajstić information content (AvgIpc) is 3.90. The van der Waals surface area contributed by atoms with Gasteiger partial charge in [-0.15, -0.1) is 0 Å². The molecule has 0 bridgehead atoms. The van der Waals surface area contributed by atoms with E-state index in [0.29, 0.717) is 33.0 Å². The van der Waals surface area contributed by atoms with E-state index in [4.69, 9.17) is 14.0 Å². The van der Waals surface area contributed by atoms with Gasteiger partial charge in [0.25, 0.3) is 0 Å². The summed E-state index contributed by atoms with van der Waals surface area (Å²) in [6, 6.07) is 20.6. The highest BCUT2D eigenvalue weighted by molar-refractivity contribution is 6.19. The van der Waals surface area contributed by atoms with Gasteiger partial charge in [0.2, 0.25) is 0 Å². The molecular weight excluding hydrogens is 645 g/mol. The lowest BCUT2D eigenvalue weighted by Gasteiger charge is -2.27. The molecule has 0 unspecified atom stereocenters. The van der Waals surface area contributed by atoms with E-state index >= 15 is 0 Å². The predicted molar refractivity (Wildman–Crippen MR) is 223 cm³/mol. The van der Waals surface area contributed by atoms with Gasteiger partial charge in [-0.1, -0.05) is 133 Å². The highest BCUT2D eigenvalue weighted by Crippen LogP contribution is 2.45. The maximum Gasteiger partial charge on any atom is 0.143 e. The third kappa shape index (κ3) is 4.61. The molecule has 11 aromatic rings. The smallest absolute Gasteiger partial charge is 0.143 e. The zero-order valence-corrected chi connectivity index (χ0v) is 27.6. The zero-order chi connectivity index (χ0) is 47.9. The summed E-state index contributed by atoms with van der Waals surface area (Å²) in [4.78, 5) is 1.21. The van der Waals surface area contributed by atoms with E-state index in [1.165, 1.54) is 4.90 Å². The number of furan rings is 1. The van der Waals surface area contributed by atoms with Crippen LogP contribution in [0.2, 0.25) is 0 Å². The minimum atomic E-state index is -0.801. The largest absolute Gasteiger partial charge is 0.455 e. The molecule has 9 aromatic carbocycles. The van der Waals surface area contributed by atoms with Crippen molar-refractivity contribution in [2.24, 2.45) is 0 Å². The Bertz CT molecular complexity index is 3980. The monoisotopic (exact) mass is 691 g/mol. The van der Waals surface area contributed by atoms with Gasteiger partial charge in [0.1, 0.15) is 11.2 Å². The maximum atomic E-state index is 10.1. The van der Waals surface area contributed by atoms with Crippen LogP contribution in [0.15, 0.2) is 198 Å². The van der Waals surface area contributed by atoms with Crippen LogP contribution in [-0.4, -0.2) is 4.57 Å². The number of hydrogen-bond donors (Lipinski definition) is 0. The van der Waals surface area contributed by atoms with Crippen molar-refractivity contribution < 1.29 is 25.0 Å². The second-order valence-electron chi connectivity index (χ2n) is 12.5. The zero-order valence-electron chi connectivity index (χ0n) is 42.6. The van der Waals surface area contributed by atoms with E-state index in [2.05, 4.69) is 0 Å². The average molecular weight is 692 g/mol. The molecule has 3 heteroatoms. The van der Waals surface area contributed by atoms with Crippen molar-refractivity contribution >= 4 is 82.4 Å². The lowest BCUT2D eigenvalue weighted by Crippen LogP contribution is -2.11. The summed E-state index contributed by atoms with van der Waals surface area (Å²) in [6.07, 6.45) is 0. The number of nitrogens with zero attached hydrogens (tertiary/aromatic N) is 2. The molecule has 0 radical (unpaired) electrons. The highest BCUT2D eigenvalue weighted by atomic mass is 16.3. The van der Waals surface area contributed by atoms with E-state index in [9.17, 15) is 11.0 Å². The highest BCUT2D eigenvalue weighted by Gasteiger charge is 2.21. The fourth-order valence-electron chi connectivity index (χ4n) is 7.33. The van der Waals surface area contributed by atoms with Crippen LogP contribution >= 0.6 is 0 Å². The summed E-state index contributed by atoms with van der Waals surface area (Å²) in [5.74, 6) is 0. The van der Waals surface area contributed by atoms with Gasteiger partial charge in [0, 0.05) is 38.6 Å². The fourth-order valence-corrected chi connectivity index (χ4v) is 7.33. The van der Waals surface area contributed by atoms with Gasteiger partial charge in [0.15, 0.2) is 0 Å². The van der Waals surface area contributed by atoms with Crippen molar-refractivity contribution in [2.45, 2.75) is 0 Å². The first-order chi connectivity index (χ1) is 32.6. The summed E-state index contributed by atoms with van der Waals surface area (Å²) >= 11 is 0. The van der Waals surface area contributed by atoms with Gasteiger partial charge in [-0.2, -0.15) is 0 Å². The molecule has 0 aliphatic carbocycles. The van der Waals surface area contributed by atoms with Crippen molar-refractivity contribution in [1.29, 1.82) is 0 Å². The normalized spacial score (nSPS) is 15.7. The number of para-hydroxylation sites is 2. The van der Waals surface area contributed by atoms with E-state index < -0.39 is 118 Å². The van der Waals surface area contributed by atoms with Gasteiger partial charge in [-0.05, 0) is 87.8 Å². The van der Waals surface area contributed by atoms with Crippen molar-refractivity contribution in [3.63, 3.8) is 0 Å². The van der Waals surface area contributed by atoms with Crippen molar-refractivity contribution in [3.8, 4) is 16.8 Å². The van der Waals surface area contributed by atoms with E-state index in [1.807, 2.05) is 72.8 Å². The van der Waals surface area contributed by atoms with Gasteiger partial charge >= 0.3 is 0 Å². The lowest BCUT2D eigenvalue weighted by atomic mass is 9.98. The minimum Gasteiger partial charge on any atom is -0.455 e. The molecule has 2 aromatic heterocycles. The van der Waals surface area contributed by atoms with Crippen LogP contribution in [0.1, 0.15) is 20.6 Å². The number of rotatable bonds is 5. The molecule has 0 aliphatic rings. The SMILES string of the molecule is [2H]c1c([2H])c(N(c2c([2H])c([2H])c(-c3c([2H])c([2H])c([2H])c4c([2H])c([2H])c([2H])c([2H])c34)c([2H])c2[2H])c2cccc3oc4c5ccccc5ccc4c23)c([2H])c(-n2c3ccccc3c3ccccc32)c1[2H]. The molecule has 0 N–H and O–H groups in total. The Labute approximate surface area is 327 Å². The molecule has 248 valence electrons. The van der Waals surface area contributed by atoms with Gasteiger partial charge < -0.3 is 13.9 Å². The molecule has 2 heterocycles. The Hall–Kier alpha value is -7.10. The first kappa shape index (κ1) is 18.4. The van der Waals surface area contributed by atoms with Gasteiger partial charge in [-0.3, -0.25) is 0 Å². The first-order valence-corrected chi connectivity index (χ1v) is 16.9. The Kier molecular flexibility index (Phi) is 4.07. The van der Waals surface area contributed by atoms with Crippen LogP contribution in [0.5, 0.6) is 0 Å². The maximum absolute atomic E-state index is 10.1. The first-order valence-electron chi connectivity index (χ1n) is 24.4. The predicted octanol–water partition coefficient (Wildman–Crippen LogP) is 14.1. The second kappa shape index (κ2) is 11.7. The Morgan fingerprint density at radius 2 is 1.21 bits per heavy atom. The second-order valence-corrected chi connectivity index (χ2v) is 12.5. The Balaban J connectivity index is 1.30. The van der Waals surface area contributed by atoms with Crippen LogP contribution < -0.4 is 4.90 Å². The Morgan fingerprint density at radius 3 is 2.04 bits per heavy atom. The molecule has 0 atom stereocenters. The summed E-state index contributed by atoms with van der Waals surface area (Å²) in [5, 5.41) is 3.31. The molecule has 0 amide bonds. The van der Waals surface area contributed by atoms with E-state index in [1.54, 1.807) is 34.9 Å². The molecule has 0 saturated carbocycles. The third-order valence-corrected chi connectivity index (χ3v) is 9.63. The fraction of sp³-hybridized carbons (Fsp3) is 0. The number of anilines is 3. The molecule has 0 aliphatic heterocycles.